The molecule has 2 rings (SSSR count). The first-order valence-electron chi connectivity index (χ1n) is 5.42. The number of amides is 1. The van der Waals surface area contributed by atoms with Crippen molar-refractivity contribution in [2.24, 2.45) is 0 Å². The molecule has 1 aromatic carbocycles. The zero-order valence-electron chi connectivity index (χ0n) is 9.84. The van der Waals surface area contributed by atoms with Crippen LogP contribution >= 0.6 is 0 Å². The lowest BCUT2D eigenvalue weighted by atomic mass is 10.1. The van der Waals surface area contributed by atoms with Crippen LogP contribution in [0, 0.1) is 0 Å². The molecule has 0 saturated heterocycles. The van der Waals surface area contributed by atoms with Gasteiger partial charge < -0.3 is 10.1 Å². The maximum absolute atomic E-state index is 11.5. The number of hydrogen-bond donors (Lipinski definition) is 1. The van der Waals surface area contributed by atoms with Gasteiger partial charge in [-0.3, -0.25) is 14.6 Å². The number of benzene rings is 1. The zero-order chi connectivity index (χ0) is 13.0. The predicted octanol–water partition coefficient (Wildman–Crippen LogP) is 1.74. The van der Waals surface area contributed by atoms with E-state index in [0.717, 1.165) is 10.8 Å². The first-order valence-corrected chi connectivity index (χ1v) is 5.42. The quantitative estimate of drug-likeness (QED) is 0.835. The van der Waals surface area contributed by atoms with Crippen molar-refractivity contribution < 1.29 is 14.3 Å². The molecule has 0 spiro atoms. The maximum Gasteiger partial charge on any atom is 0.303 e. The molecule has 1 N–H and O–H groups in total. The molecular weight excluding hydrogens is 232 g/mol. The second-order valence-electron chi connectivity index (χ2n) is 3.77. The summed E-state index contributed by atoms with van der Waals surface area (Å²) >= 11 is 0. The maximum atomic E-state index is 11.5. The van der Waals surface area contributed by atoms with Gasteiger partial charge in [-0.1, -0.05) is 6.07 Å². The first kappa shape index (κ1) is 12.0. The largest absolute Gasteiger partial charge is 0.456 e. The van der Waals surface area contributed by atoms with Gasteiger partial charge in [-0.25, -0.2) is 0 Å². The van der Waals surface area contributed by atoms with E-state index < -0.39 is 5.97 Å². The van der Waals surface area contributed by atoms with Crippen molar-refractivity contribution in [3.05, 3.63) is 36.7 Å². The standard InChI is InChI=1S/C13H12N2O3/c1-9(16)18-8-13(17)15-12-3-2-11-7-14-5-4-10(11)6-12/h2-7H,8H2,1H3,(H,15,17). The van der Waals surface area contributed by atoms with Crippen molar-refractivity contribution in [3.63, 3.8) is 0 Å². The van der Waals surface area contributed by atoms with Gasteiger partial charge >= 0.3 is 5.97 Å². The van der Waals surface area contributed by atoms with Gasteiger partial charge in [0, 0.05) is 30.4 Å². The van der Waals surface area contributed by atoms with Crippen molar-refractivity contribution in [1.29, 1.82) is 0 Å². The fourth-order valence-electron chi connectivity index (χ4n) is 1.53. The molecule has 5 heteroatoms. The van der Waals surface area contributed by atoms with E-state index >= 15 is 0 Å². The monoisotopic (exact) mass is 244 g/mol. The van der Waals surface area contributed by atoms with E-state index in [2.05, 4.69) is 15.0 Å². The number of anilines is 1. The minimum atomic E-state index is -0.477. The zero-order valence-corrected chi connectivity index (χ0v) is 9.84. The molecule has 1 amide bonds. The fourth-order valence-corrected chi connectivity index (χ4v) is 1.53. The summed E-state index contributed by atoms with van der Waals surface area (Å²) in [7, 11) is 0. The van der Waals surface area contributed by atoms with Gasteiger partial charge in [0.05, 0.1) is 0 Å². The Balaban J connectivity index is 2.07. The van der Waals surface area contributed by atoms with Crippen molar-refractivity contribution in [1.82, 2.24) is 4.98 Å². The van der Waals surface area contributed by atoms with Gasteiger partial charge in [0.25, 0.3) is 5.91 Å². The predicted molar refractivity (Wildman–Crippen MR) is 67.0 cm³/mol. The lowest BCUT2D eigenvalue weighted by Crippen LogP contribution is -2.19. The third-order valence-electron chi connectivity index (χ3n) is 2.33. The van der Waals surface area contributed by atoms with Gasteiger partial charge in [0.15, 0.2) is 6.61 Å². The van der Waals surface area contributed by atoms with E-state index in [4.69, 9.17) is 0 Å². The summed E-state index contributed by atoms with van der Waals surface area (Å²) in [5.41, 5.74) is 0.658. The molecule has 0 atom stereocenters. The number of rotatable bonds is 3. The Morgan fingerprint density at radius 2 is 2.11 bits per heavy atom. The average molecular weight is 244 g/mol. The Labute approximate surface area is 104 Å². The summed E-state index contributed by atoms with van der Waals surface area (Å²) < 4.78 is 4.60. The molecule has 1 aromatic heterocycles. The van der Waals surface area contributed by atoms with Crippen LogP contribution in [0.3, 0.4) is 0 Å². The number of carbonyl (C=O) groups is 2. The highest BCUT2D eigenvalue weighted by Gasteiger charge is 2.04. The van der Waals surface area contributed by atoms with Crippen LogP contribution in [0.4, 0.5) is 5.69 Å². The van der Waals surface area contributed by atoms with Gasteiger partial charge in [0.1, 0.15) is 0 Å². The summed E-state index contributed by atoms with van der Waals surface area (Å²) in [5.74, 6) is -0.839. The normalized spacial score (nSPS) is 10.1. The number of carbonyl (C=O) groups excluding carboxylic acids is 2. The highest BCUT2D eigenvalue weighted by atomic mass is 16.5. The van der Waals surface area contributed by atoms with Crippen LogP contribution in [0.25, 0.3) is 10.8 Å². The molecule has 0 bridgehead atoms. The van der Waals surface area contributed by atoms with Crippen LogP contribution < -0.4 is 5.32 Å². The van der Waals surface area contributed by atoms with Crippen LogP contribution in [0.15, 0.2) is 36.7 Å². The van der Waals surface area contributed by atoms with Crippen LogP contribution in [0.5, 0.6) is 0 Å². The highest BCUT2D eigenvalue weighted by molar-refractivity contribution is 5.95. The number of fused-ring (bicyclic) bond motifs is 1. The molecule has 0 aliphatic heterocycles. The molecule has 0 radical (unpaired) electrons. The first-order chi connectivity index (χ1) is 8.65. The highest BCUT2D eigenvalue weighted by Crippen LogP contribution is 2.17. The lowest BCUT2D eigenvalue weighted by Gasteiger charge is -2.06. The number of hydrogen-bond acceptors (Lipinski definition) is 4. The van der Waals surface area contributed by atoms with E-state index in [0.29, 0.717) is 5.69 Å². The Kier molecular flexibility index (Phi) is 3.52. The van der Waals surface area contributed by atoms with Crippen LogP contribution in [-0.2, 0) is 14.3 Å². The summed E-state index contributed by atoms with van der Waals surface area (Å²) in [6.45, 7) is 0.986. The van der Waals surface area contributed by atoms with Gasteiger partial charge in [-0.15, -0.1) is 0 Å². The van der Waals surface area contributed by atoms with Crippen molar-refractivity contribution in [3.8, 4) is 0 Å². The lowest BCUT2D eigenvalue weighted by molar-refractivity contribution is -0.144. The molecule has 2 aromatic rings. The molecule has 0 aliphatic rings. The van der Waals surface area contributed by atoms with Crippen LogP contribution in [0.2, 0.25) is 0 Å². The van der Waals surface area contributed by atoms with Crippen molar-refractivity contribution in [2.75, 3.05) is 11.9 Å². The molecule has 5 nitrogen and oxygen atoms in total. The third kappa shape index (κ3) is 3.04. The van der Waals surface area contributed by atoms with Crippen molar-refractivity contribution in [2.45, 2.75) is 6.92 Å². The molecule has 0 saturated carbocycles. The second kappa shape index (κ2) is 5.27. The number of ether oxygens (including phenoxy) is 1. The number of aromatic nitrogens is 1. The smallest absolute Gasteiger partial charge is 0.303 e. The van der Waals surface area contributed by atoms with Crippen LogP contribution in [0.1, 0.15) is 6.92 Å². The second-order valence-corrected chi connectivity index (χ2v) is 3.77. The third-order valence-corrected chi connectivity index (χ3v) is 2.33. The van der Waals surface area contributed by atoms with E-state index in [-0.39, 0.29) is 12.5 Å². The molecule has 92 valence electrons. The van der Waals surface area contributed by atoms with Gasteiger partial charge in [-0.05, 0) is 23.6 Å². The number of esters is 1. The fraction of sp³-hybridized carbons (Fsp3) is 0.154. The topological polar surface area (TPSA) is 68.3 Å². The summed E-state index contributed by atoms with van der Waals surface area (Å²) in [4.78, 5) is 26.0. The molecule has 0 unspecified atom stereocenters. The molecule has 0 aliphatic carbocycles. The summed E-state index contributed by atoms with van der Waals surface area (Å²) in [5, 5.41) is 4.63. The Morgan fingerprint density at radius 3 is 2.89 bits per heavy atom. The minimum Gasteiger partial charge on any atom is -0.456 e. The number of pyridine rings is 1. The van der Waals surface area contributed by atoms with E-state index in [1.807, 2.05) is 18.2 Å². The van der Waals surface area contributed by atoms with E-state index in [1.54, 1.807) is 18.5 Å². The Bertz CT molecular complexity index is 596. The average Bonchev–Trinajstić information content (AvgIpc) is 2.36. The number of nitrogens with zero attached hydrogens (tertiary/aromatic N) is 1. The molecule has 1 heterocycles. The van der Waals surface area contributed by atoms with Crippen LogP contribution in [-0.4, -0.2) is 23.5 Å². The van der Waals surface area contributed by atoms with Gasteiger partial charge in [-0.2, -0.15) is 0 Å². The Morgan fingerprint density at radius 1 is 1.28 bits per heavy atom. The Hall–Kier alpha value is -2.43. The SMILES string of the molecule is CC(=O)OCC(=O)Nc1ccc2cnccc2c1. The minimum absolute atomic E-state index is 0.274. The summed E-state index contributed by atoms with van der Waals surface area (Å²) in [6.07, 6.45) is 3.44. The van der Waals surface area contributed by atoms with Crippen molar-refractivity contribution >= 4 is 28.3 Å². The molecule has 0 fully saturated rings. The molecular formula is C13H12N2O3. The molecule has 18 heavy (non-hydrogen) atoms. The van der Waals surface area contributed by atoms with E-state index in [1.165, 1.54) is 6.92 Å². The van der Waals surface area contributed by atoms with E-state index in [9.17, 15) is 9.59 Å². The summed E-state index contributed by atoms with van der Waals surface area (Å²) in [6, 6.07) is 7.33. The number of nitrogens with one attached hydrogen (secondary N) is 1. The van der Waals surface area contributed by atoms with Gasteiger partial charge in [0.2, 0.25) is 0 Å².